The van der Waals surface area contributed by atoms with Gasteiger partial charge in [-0.3, -0.25) is 14.8 Å². The Labute approximate surface area is 214 Å². The second kappa shape index (κ2) is 16.2. The third-order valence-electron chi connectivity index (χ3n) is 4.91. The second-order valence-electron chi connectivity index (χ2n) is 7.47. The number of carbonyl (C=O) groups is 1. The lowest BCUT2D eigenvalue weighted by atomic mass is 10.1. The van der Waals surface area contributed by atoms with Gasteiger partial charge in [0.2, 0.25) is 5.91 Å². The number of benzene rings is 1. The Morgan fingerprint density at radius 2 is 2.00 bits per heavy atom. The molecular formula is C24H36IN5O3. The summed E-state index contributed by atoms with van der Waals surface area (Å²) in [6, 6.07) is 11.9. The first-order valence-electron chi connectivity index (χ1n) is 10.8. The van der Waals surface area contributed by atoms with Gasteiger partial charge in [0.05, 0.1) is 13.2 Å². The standard InChI is InChI=1S/C24H35N5O3.HI/c1-19-9-10-20(22(16-19)32-15-7-14-31-4)17-27-24(25-2)28-18-23(30)29(3)13-11-21-8-5-6-12-26-21;/h5-6,8-10,12,16H,7,11,13-15,17-18H2,1-4H3,(H2,25,27,28);1H. The van der Waals surface area contributed by atoms with Crippen LogP contribution < -0.4 is 15.4 Å². The minimum absolute atomic E-state index is 0. The summed E-state index contributed by atoms with van der Waals surface area (Å²) in [7, 11) is 5.16. The molecule has 0 atom stereocenters. The molecule has 33 heavy (non-hydrogen) atoms. The number of likely N-dealkylation sites (N-methyl/N-ethyl adjacent to an activating group) is 1. The summed E-state index contributed by atoms with van der Waals surface area (Å²) in [5.41, 5.74) is 3.13. The predicted molar refractivity (Wildman–Crippen MR) is 142 cm³/mol. The van der Waals surface area contributed by atoms with E-state index in [0.29, 0.717) is 32.3 Å². The molecule has 0 saturated carbocycles. The molecular weight excluding hydrogens is 533 g/mol. The van der Waals surface area contributed by atoms with E-state index >= 15 is 0 Å². The summed E-state index contributed by atoms with van der Waals surface area (Å²) in [6.45, 7) is 4.60. The quantitative estimate of drug-likeness (QED) is 0.177. The molecule has 0 spiro atoms. The van der Waals surface area contributed by atoms with E-state index in [1.54, 1.807) is 32.3 Å². The normalized spacial score (nSPS) is 10.8. The van der Waals surface area contributed by atoms with Crippen molar-refractivity contribution >= 4 is 35.8 Å². The molecule has 0 fully saturated rings. The van der Waals surface area contributed by atoms with E-state index in [9.17, 15) is 4.79 Å². The number of nitrogens with zero attached hydrogens (tertiary/aromatic N) is 3. The lowest BCUT2D eigenvalue weighted by Gasteiger charge is -2.19. The molecule has 0 radical (unpaired) electrons. The number of hydrogen-bond acceptors (Lipinski definition) is 5. The number of aliphatic imine (C=N–C) groups is 1. The monoisotopic (exact) mass is 569 g/mol. The van der Waals surface area contributed by atoms with Gasteiger partial charge in [0.25, 0.3) is 0 Å². The number of amides is 1. The Balaban J connectivity index is 0.00000544. The first-order valence-corrected chi connectivity index (χ1v) is 10.8. The highest BCUT2D eigenvalue weighted by atomic mass is 127. The third-order valence-corrected chi connectivity index (χ3v) is 4.91. The number of nitrogens with one attached hydrogen (secondary N) is 2. The summed E-state index contributed by atoms with van der Waals surface area (Å²) in [6.07, 6.45) is 3.31. The van der Waals surface area contributed by atoms with Crippen molar-refractivity contribution in [2.24, 2.45) is 4.99 Å². The maximum Gasteiger partial charge on any atom is 0.241 e. The highest BCUT2D eigenvalue weighted by Crippen LogP contribution is 2.20. The van der Waals surface area contributed by atoms with Crippen LogP contribution in [0.2, 0.25) is 0 Å². The van der Waals surface area contributed by atoms with Crippen LogP contribution >= 0.6 is 24.0 Å². The molecule has 0 unspecified atom stereocenters. The lowest BCUT2D eigenvalue weighted by molar-refractivity contribution is -0.128. The number of aromatic nitrogens is 1. The van der Waals surface area contributed by atoms with Crippen LogP contribution in [0.25, 0.3) is 0 Å². The fourth-order valence-electron chi connectivity index (χ4n) is 2.97. The van der Waals surface area contributed by atoms with E-state index in [-0.39, 0.29) is 36.4 Å². The zero-order valence-corrected chi connectivity index (χ0v) is 22.3. The van der Waals surface area contributed by atoms with Crippen LogP contribution in [0.5, 0.6) is 5.75 Å². The van der Waals surface area contributed by atoms with Crippen molar-refractivity contribution in [1.82, 2.24) is 20.5 Å². The van der Waals surface area contributed by atoms with E-state index < -0.39 is 0 Å². The Hall–Kier alpha value is -2.40. The van der Waals surface area contributed by atoms with Crippen molar-refractivity contribution < 1.29 is 14.3 Å². The van der Waals surface area contributed by atoms with Crippen LogP contribution in [0.4, 0.5) is 0 Å². The number of guanidine groups is 1. The van der Waals surface area contributed by atoms with E-state index in [0.717, 1.165) is 35.4 Å². The van der Waals surface area contributed by atoms with Crippen LogP contribution in [0.15, 0.2) is 47.6 Å². The summed E-state index contributed by atoms with van der Waals surface area (Å²) in [5, 5.41) is 6.34. The van der Waals surface area contributed by atoms with Gasteiger partial charge in [-0.15, -0.1) is 24.0 Å². The Bertz CT molecular complexity index is 864. The minimum atomic E-state index is -0.0126. The van der Waals surface area contributed by atoms with Gasteiger partial charge in [-0.25, -0.2) is 0 Å². The van der Waals surface area contributed by atoms with E-state index in [4.69, 9.17) is 9.47 Å². The molecule has 1 amide bonds. The zero-order valence-electron chi connectivity index (χ0n) is 20.0. The molecule has 0 aliphatic heterocycles. The number of rotatable bonds is 12. The van der Waals surface area contributed by atoms with Gasteiger partial charge in [0.1, 0.15) is 5.75 Å². The number of aryl methyl sites for hydroxylation is 1. The minimum Gasteiger partial charge on any atom is -0.493 e. The second-order valence-corrected chi connectivity index (χ2v) is 7.47. The number of methoxy groups -OCH3 is 1. The molecule has 182 valence electrons. The third kappa shape index (κ3) is 10.8. The molecule has 0 aliphatic carbocycles. The summed E-state index contributed by atoms with van der Waals surface area (Å²) >= 11 is 0. The van der Waals surface area contributed by atoms with Gasteiger partial charge in [-0.1, -0.05) is 18.2 Å². The first kappa shape index (κ1) is 28.6. The zero-order chi connectivity index (χ0) is 23.2. The number of pyridine rings is 1. The average molecular weight is 569 g/mol. The van der Waals surface area contributed by atoms with Crippen molar-refractivity contribution in [1.29, 1.82) is 0 Å². The molecule has 2 rings (SSSR count). The van der Waals surface area contributed by atoms with Crippen LogP contribution in [0.3, 0.4) is 0 Å². The highest BCUT2D eigenvalue weighted by Gasteiger charge is 2.11. The SMILES string of the molecule is CN=C(NCC(=O)N(C)CCc1ccccn1)NCc1ccc(C)cc1OCCCOC.I. The summed E-state index contributed by atoms with van der Waals surface area (Å²) in [4.78, 5) is 22.7. The van der Waals surface area contributed by atoms with Gasteiger partial charge < -0.3 is 25.0 Å². The van der Waals surface area contributed by atoms with Gasteiger partial charge in [0, 0.05) is 71.2 Å². The molecule has 2 N–H and O–H groups in total. The lowest BCUT2D eigenvalue weighted by Crippen LogP contribution is -2.43. The molecule has 0 saturated heterocycles. The highest BCUT2D eigenvalue weighted by molar-refractivity contribution is 14.0. The van der Waals surface area contributed by atoms with Crippen LogP contribution in [0.1, 0.15) is 23.2 Å². The maximum atomic E-state index is 12.5. The van der Waals surface area contributed by atoms with Gasteiger partial charge in [-0.05, 0) is 30.7 Å². The predicted octanol–water partition coefficient (Wildman–Crippen LogP) is 2.79. The Morgan fingerprint density at radius 1 is 1.18 bits per heavy atom. The van der Waals surface area contributed by atoms with Crippen molar-refractivity contribution in [3.05, 3.63) is 59.4 Å². The topological polar surface area (TPSA) is 88.1 Å². The molecule has 9 heteroatoms. The largest absolute Gasteiger partial charge is 0.493 e. The van der Waals surface area contributed by atoms with Crippen LogP contribution in [-0.2, 0) is 22.5 Å². The fourth-order valence-corrected chi connectivity index (χ4v) is 2.97. The number of carbonyl (C=O) groups excluding carboxylic acids is 1. The molecule has 8 nitrogen and oxygen atoms in total. The van der Waals surface area contributed by atoms with Crippen LogP contribution in [0, 0.1) is 6.92 Å². The van der Waals surface area contributed by atoms with Gasteiger partial charge >= 0.3 is 0 Å². The molecule has 1 aromatic heterocycles. The number of halogens is 1. The molecule has 1 heterocycles. The van der Waals surface area contributed by atoms with Gasteiger partial charge in [0.15, 0.2) is 5.96 Å². The average Bonchev–Trinajstić information content (AvgIpc) is 2.81. The molecule has 0 aliphatic rings. The Kier molecular flexibility index (Phi) is 14.1. The van der Waals surface area contributed by atoms with Crippen molar-refractivity contribution in [2.75, 3.05) is 47.5 Å². The maximum absolute atomic E-state index is 12.5. The van der Waals surface area contributed by atoms with Crippen molar-refractivity contribution in [2.45, 2.75) is 26.3 Å². The first-order chi connectivity index (χ1) is 15.5. The molecule has 2 aromatic rings. The fraction of sp³-hybridized carbons (Fsp3) is 0.458. The van der Waals surface area contributed by atoms with Crippen molar-refractivity contribution in [3.63, 3.8) is 0 Å². The van der Waals surface area contributed by atoms with E-state index in [2.05, 4.69) is 26.7 Å². The number of hydrogen-bond donors (Lipinski definition) is 2. The van der Waals surface area contributed by atoms with E-state index in [1.165, 1.54) is 0 Å². The summed E-state index contributed by atoms with van der Waals surface area (Å²) in [5.74, 6) is 1.39. The van der Waals surface area contributed by atoms with Crippen LogP contribution in [-0.4, -0.2) is 69.3 Å². The number of ether oxygens (including phenoxy) is 2. The molecule has 0 bridgehead atoms. The Morgan fingerprint density at radius 3 is 2.70 bits per heavy atom. The van der Waals surface area contributed by atoms with E-state index in [1.807, 2.05) is 37.3 Å². The van der Waals surface area contributed by atoms with Crippen molar-refractivity contribution in [3.8, 4) is 5.75 Å². The summed E-state index contributed by atoms with van der Waals surface area (Å²) < 4.78 is 11.0. The van der Waals surface area contributed by atoms with Gasteiger partial charge in [-0.2, -0.15) is 0 Å². The molecule has 1 aromatic carbocycles. The smallest absolute Gasteiger partial charge is 0.241 e.